The number of nitrogens with one attached hydrogen (secondary N) is 1. The lowest BCUT2D eigenvalue weighted by Crippen LogP contribution is -2.46. The van der Waals surface area contributed by atoms with E-state index in [1.807, 2.05) is 18.2 Å². The molecule has 10 heteroatoms. The minimum Gasteiger partial charge on any atom is -0.508 e. The van der Waals surface area contributed by atoms with Crippen LogP contribution < -0.4 is 10.2 Å². The first kappa shape index (κ1) is 35.5. The van der Waals surface area contributed by atoms with Gasteiger partial charge in [-0.15, -0.1) is 11.3 Å². The molecule has 1 unspecified atom stereocenters. The lowest BCUT2D eigenvalue weighted by Gasteiger charge is -2.36. The van der Waals surface area contributed by atoms with Gasteiger partial charge in [0, 0.05) is 61.1 Å². The molecule has 1 saturated heterocycles. The summed E-state index contributed by atoms with van der Waals surface area (Å²) in [5.74, 6) is -1.01. The Bertz CT molecular complexity index is 1740. The molecule has 1 aromatic heterocycles. The summed E-state index contributed by atoms with van der Waals surface area (Å²) in [6.45, 7) is 10.1. The van der Waals surface area contributed by atoms with Gasteiger partial charge < -0.3 is 14.9 Å². The zero-order valence-electron chi connectivity index (χ0n) is 29.1. The van der Waals surface area contributed by atoms with Crippen LogP contribution in [0.15, 0.2) is 72.2 Å². The Balaban J connectivity index is 1.06. The summed E-state index contributed by atoms with van der Waals surface area (Å²) < 4.78 is 14.4. The maximum Gasteiger partial charge on any atom is 0.255 e. The number of piperazine rings is 1. The fourth-order valence-electron chi connectivity index (χ4n) is 7.06. The third kappa shape index (κ3) is 8.71. The smallest absolute Gasteiger partial charge is 0.255 e. The Kier molecular flexibility index (Phi) is 11.8. The predicted molar refractivity (Wildman–Crippen MR) is 199 cm³/mol. The van der Waals surface area contributed by atoms with Gasteiger partial charge in [-0.25, -0.2) is 9.37 Å². The molecule has 0 radical (unpaired) electrons. The SMILES string of the molecule is CC(C)CCCCCCCCN1CCN(c2ccc(-c3ccc4c(c3)C(=O)N(C(C(=O)Nc3nccs3)c3cc(F)ccc3O)C4)cc2)CC1. The normalized spacial score (nSPS) is 15.5. The number of hydrogen-bond acceptors (Lipinski definition) is 7. The van der Waals surface area contributed by atoms with Gasteiger partial charge in [-0.1, -0.05) is 76.6 Å². The van der Waals surface area contributed by atoms with Crippen LogP contribution >= 0.6 is 11.3 Å². The number of fused-ring (bicyclic) bond motifs is 1. The Morgan fingerprint density at radius 1 is 0.920 bits per heavy atom. The number of amides is 2. The first-order valence-electron chi connectivity index (χ1n) is 18.0. The number of nitrogens with zero attached hydrogens (tertiary/aromatic N) is 4. The van der Waals surface area contributed by atoms with Crippen LogP contribution in [0.3, 0.4) is 0 Å². The van der Waals surface area contributed by atoms with Gasteiger partial charge in [-0.3, -0.25) is 19.8 Å². The van der Waals surface area contributed by atoms with Crippen molar-refractivity contribution < 1.29 is 19.1 Å². The lowest BCUT2D eigenvalue weighted by atomic mass is 10.00. The molecular formula is C40H48FN5O3S. The number of carbonyl (C=O) groups excluding carboxylic acids is 2. The average molecular weight is 698 g/mol. The van der Waals surface area contributed by atoms with Gasteiger partial charge >= 0.3 is 0 Å². The van der Waals surface area contributed by atoms with E-state index < -0.39 is 17.8 Å². The summed E-state index contributed by atoms with van der Waals surface area (Å²) in [5, 5.41) is 15.4. The highest BCUT2D eigenvalue weighted by atomic mass is 32.1. The van der Waals surface area contributed by atoms with Crippen molar-refractivity contribution in [2.45, 2.75) is 71.4 Å². The second-order valence-corrected chi connectivity index (χ2v) is 14.8. The van der Waals surface area contributed by atoms with E-state index in [0.29, 0.717) is 10.7 Å². The molecule has 0 aliphatic carbocycles. The molecule has 0 spiro atoms. The van der Waals surface area contributed by atoms with Crippen molar-refractivity contribution in [1.29, 1.82) is 0 Å². The van der Waals surface area contributed by atoms with E-state index >= 15 is 0 Å². The van der Waals surface area contributed by atoms with Gasteiger partial charge in [0.1, 0.15) is 17.6 Å². The van der Waals surface area contributed by atoms with Crippen molar-refractivity contribution >= 4 is 34.0 Å². The monoisotopic (exact) mass is 697 g/mol. The molecule has 4 aromatic rings. The summed E-state index contributed by atoms with van der Waals surface area (Å²) in [5.41, 5.74) is 4.34. The molecule has 3 heterocycles. The quantitative estimate of drug-likeness (QED) is 0.121. The number of anilines is 2. The van der Waals surface area contributed by atoms with Gasteiger partial charge in [0.05, 0.1) is 0 Å². The third-order valence-corrected chi connectivity index (χ3v) is 10.6. The Morgan fingerprint density at radius 3 is 2.36 bits per heavy atom. The number of halogens is 1. The van der Waals surface area contributed by atoms with Crippen LogP contribution in [-0.2, 0) is 11.3 Å². The molecule has 3 aromatic carbocycles. The van der Waals surface area contributed by atoms with Crippen LogP contribution in [0.25, 0.3) is 11.1 Å². The molecule has 2 aliphatic rings. The number of phenolic OH excluding ortho intramolecular Hbond substituents is 1. The molecule has 2 aliphatic heterocycles. The number of carbonyl (C=O) groups is 2. The van der Waals surface area contributed by atoms with E-state index in [1.165, 1.54) is 79.5 Å². The molecular weight excluding hydrogens is 650 g/mol. The van der Waals surface area contributed by atoms with Gasteiger partial charge in [0.15, 0.2) is 5.13 Å². The fourth-order valence-corrected chi connectivity index (χ4v) is 7.59. The topological polar surface area (TPSA) is 89.0 Å². The van der Waals surface area contributed by atoms with E-state index in [9.17, 15) is 19.1 Å². The highest BCUT2D eigenvalue weighted by Gasteiger charge is 2.39. The number of unbranched alkanes of at least 4 members (excludes halogenated alkanes) is 5. The molecule has 1 atom stereocenters. The summed E-state index contributed by atoms with van der Waals surface area (Å²) in [4.78, 5) is 38.0. The van der Waals surface area contributed by atoms with E-state index in [-0.39, 0.29) is 23.8 Å². The van der Waals surface area contributed by atoms with E-state index in [1.54, 1.807) is 11.6 Å². The number of thiazole rings is 1. The maximum absolute atomic E-state index is 14.4. The zero-order chi connectivity index (χ0) is 35.0. The van der Waals surface area contributed by atoms with Crippen LogP contribution in [0.1, 0.15) is 86.3 Å². The highest BCUT2D eigenvalue weighted by Crippen LogP contribution is 2.38. The second kappa shape index (κ2) is 16.6. The zero-order valence-corrected chi connectivity index (χ0v) is 29.9. The summed E-state index contributed by atoms with van der Waals surface area (Å²) in [6.07, 6.45) is 11.0. The predicted octanol–water partition coefficient (Wildman–Crippen LogP) is 8.50. The fraction of sp³-hybridized carbons (Fsp3) is 0.425. The Labute approximate surface area is 298 Å². The standard InChI is InChI=1S/C40H48FN5O3S/c1-28(2)9-7-5-3-4-6-8-19-44-20-22-45(23-21-44)33-15-12-29(13-16-33)30-10-11-31-27-46(39(49)34(31)25-30)37(35-26-32(41)14-17-36(35)47)38(48)43-40-42-18-24-50-40/h10-18,24-26,28,37,47H,3-9,19-23,27H2,1-2H3,(H,42,43,48). The summed E-state index contributed by atoms with van der Waals surface area (Å²) >= 11 is 1.23. The molecule has 50 heavy (non-hydrogen) atoms. The van der Waals surface area contributed by atoms with Crippen molar-refractivity contribution in [3.8, 4) is 16.9 Å². The van der Waals surface area contributed by atoms with Crippen LogP contribution in [0, 0.1) is 11.7 Å². The van der Waals surface area contributed by atoms with Crippen molar-refractivity contribution in [3.63, 3.8) is 0 Å². The van der Waals surface area contributed by atoms with Crippen molar-refractivity contribution in [1.82, 2.24) is 14.8 Å². The molecule has 8 nitrogen and oxygen atoms in total. The van der Waals surface area contributed by atoms with Gasteiger partial charge in [-0.2, -0.15) is 0 Å². The lowest BCUT2D eigenvalue weighted by molar-refractivity contribution is -0.120. The second-order valence-electron chi connectivity index (χ2n) is 13.9. The minimum atomic E-state index is -1.26. The number of phenols is 1. The van der Waals surface area contributed by atoms with Crippen LogP contribution in [0.5, 0.6) is 5.75 Å². The average Bonchev–Trinajstić information content (AvgIpc) is 3.75. The molecule has 1 fully saturated rings. The van der Waals surface area contributed by atoms with E-state index in [2.05, 4.69) is 58.2 Å². The highest BCUT2D eigenvalue weighted by molar-refractivity contribution is 7.13. The first-order valence-corrected chi connectivity index (χ1v) is 18.8. The number of benzene rings is 3. The molecule has 2 N–H and O–H groups in total. The van der Waals surface area contributed by atoms with Crippen molar-refractivity contribution in [3.05, 3.63) is 94.7 Å². The Hall–Kier alpha value is -4.28. The Morgan fingerprint density at radius 2 is 1.64 bits per heavy atom. The van der Waals surface area contributed by atoms with Crippen LogP contribution in [0.4, 0.5) is 15.2 Å². The van der Waals surface area contributed by atoms with Crippen molar-refractivity contribution in [2.75, 3.05) is 42.9 Å². The van der Waals surface area contributed by atoms with Gasteiger partial charge in [0.25, 0.3) is 11.8 Å². The molecule has 0 bridgehead atoms. The van der Waals surface area contributed by atoms with Gasteiger partial charge in [-0.05, 0) is 72.0 Å². The molecule has 0 saturated carbocycles. The minimum absolute atomic E-state index is 0.0137. The molecule has 6 rings (SSSR count). The van der Waals surface area contributed by atoms with Crippen LogP contribution in [0.2, 0.25) is 0 Å². The summed E-state index contributed by atoms with van der Waals surface area (Å²) in [6, 6.07) is 16.4. The van der Waals surface area contributed by atoms with Crippen molar-refractivity contribution in [2.24, 2.45) is 5.92 Å². The van der Waals surface area contributed by atoms with Gasteiger partial charge in [0.2, 0.25) is 0 Å². The number of rotatable bonds is 15. The van der Waals surface area contributed by atoms with Crippen LogP contribution in [-0.4, -0.2) is 64.4 Å². The molecule has 2 amide bonds. The molecule has 264 valence electrons. The van der Waals surface area contributed by atoms with E-state index in [0.717, 1.165) is 60.9 Å². The first-order chi connectivity index (χ1) is 24.3. The third-order valence-electron chi connectivity index (χ3n) is 9.89. The maximum atomic E-state index is 14.4. The number of aromatic nitrogens is 1. The summed E-state index contributed by atoms with van der Waals surface area (Å²) in [7, 11) is 0. The number of aromatic hydroxyl groups is 1. The van der Waals surface area contributed by atoms with E-state index in [4.69, 9.17) is 0 Å². The largest absolute Gasteiger partial charge is 0.508 e. The number of hydrogen-bond donors (Lipinski definition) is 2.